The molecular formula is C17H14Cl2F2N2O2. The highest BCUT2D eigenvalue weighted by molar-refractivity contribution is 6.35. The molecule has 2 amide bonds. The Bertz CT molecular complexity index is 795. The van der Waals surface area contributed by atoms with Crippen LogP contribution in [0.2, 0.25) is 10.0 Å². The summed E-state index contributed by atoms with van der Waals surface area (Å²) in [5, 5.41) is 3.35. The molecule has 2 rings (SSSR count). The number of hydrogen-bond acceptors (Lipinski definition) is 2. The average molecular weight is 387 g/mol. The second kappa shape index (κ2) is 8.27. The molecule has 0 unspecified atom stereocenters. The Balaban J connectivity index is 2.04. The summed E-state index contributed by atoms with van der Waals surface area (Å²) < 4.78 is 26.4. The Morgan fingerprint density at radius 1 is 1.04 bits per heavy atom. The molecule has 0 saturated carbocycles. The van der Waals surface area contributed by atoms with E-state index in [2.05, 4.69) is 5.32 Å². The van der Waals surface area contributed by atoms with Gasteiger partial charge in [-0.05, 0) is 30.3 Å². The van der Waals surface area contributed by atoms with Crippen LogP contribution in [0.3, 0.4) is 0 Å². The fraction of sp³-hybridized carbons (Fsp3) is 0.176. The maximum absolute atomic E-state index is 13.3. The molecule has 0 radical (unpaired) electrons. The maximum Gasteiger partial charge on any atom is 0.226 e. The van der Waals surface area contributed by atoms with Crippen molar-refractivity contribution in [3.63, 3.8) is 0 Å². The number of hydrogen-bond donors (Lipinski definition) is 1. The zero-order valence-electron chi connectivity index (χ0n) is 13.2. The second-order valence-electron chi connectivity index (χ2n) is 5.23. The number of anilines is 2. The highest BCUT2D eigenvalue weighted by Crippen LogP contribution is 2.23. The van der Waals surface area contributed by atoms with Crippen molar-refractivity contribution in [1.82, 2.24) is 0 Å². The number of nitrogens with one attached hydrogen (secondary N) is 1. The number of carbonyl (C=O) groups excluding carboxylic acids is 2. The minimum atomic E-state index is -1.07. The van der Waals surface area contributed by atoms with E-state index in [1.165, 1.54) is 36.1 Å². The van der Waals surface area contributed by atoms with Gasteiger partial charge >= 0.3 is 0 Å². The number of nitrogens with zero attached hydrogens (tertiary/aromatic N) is 1. The summed E-state index contributed by atoms with van der Waals surface area (Å²) in [6, 6.07) is 7.70. The summed E-state index contributed by atoms with van der Waals surface area (Å²) >= 11 is 11.7. The lowest BCUT2D eigenvalue weighted by molar-refractivity contribution is -0.117. The van der Waals surface area contributed by atoms with Crippen molar-refractivity contribution in [1.29, 1.82) is 0 Å². The molecule has 0 aliphatic heterocycles. The van der Waals surface area contributed by atoms with Gasteiger partial charge in [-0.2, -0.15) is 0 Å². The number of amides is 2. The monoisotopic (exact) mass is 386 g/mol. The van der Waals surface area contributed by atoms with E-state index < -0.39 is 17.5 Å². The van der Waals surface area contributed by atoms with Crippen LogP contribution in [0, 0.1) is 11.6 Å². The first-order chi connectivity index (χ1) is 11.8. The Labute approximate surface area is 153 Å². The largest absolute Gasteiger partial charge is 0.326 e. The Morgan fingerprint density at radius 3 is 2.24 bits per heavy atom. The molecule has 25 heavy (non-hydrogen) atoms. The molecule has 1 N–H and O–H groups in total. The quantitative estimate of drug-likeness (QED) is 0.812. The van der Waals surface area contributed by atoms with Gasteiger partial charge in [0.1, 0.15) is 0 Å². The van der Waals surface area contributed by atoms with Gasteiger partial charge in [0, 0.05) is 47.4 Å². The van der Waals surface area contributed by atoms with E-state index in [0.717, 1.165) is 12.1 Å². The van der Waals surface area contributed by atoms with Crippen molar-refractivity contribution in [3.8, 4) is 0 Å². The van der Waals surface area contributed by atoms with Gasteiger partial charge in [-0.15, -0.1) is 0 Å². The van der Waals surface area contributed by atoms with E-state index in [0.29, 0.717) is 15.7 Å². The first-order valence-electron chi connectivity index (χ1n) is 7.25. The lowest BCUT2D eigenvalue weighted by Gasteiger charge is -2.21. The first-order valence-corrected chi connectivity index (χ1v) is 8.01. The van der Waals surface area contributed by atoms with E-state index in [9.17, 15) is 18.4 Å². The van der Waals surface area contributed by atoms with Crippen molar-refractivity contribution in [3.05, 3.63) is 58.1 Å². The van der Waals surface area contributed by atoms with Crippen LogP contribution in [0.15, 0.2) is 36.4 Å². The molecule has 2 aromatic rings. The molecular weight excluding hydrogens is 373 g/mol. The van der Waals surface area contributed by atoms with Crippen LogP contribution in [0.1, 0.15) is 13.3 Å². The van der Waals surface area contributed by atoms with Gasteiger partial charge in [-0.1, -0.05) is 23.2 Å². The molecule has 132 valence electrons. The Morgan fingerprint density at radius 2 is 1.68 bits per heavy atom. The van der Waals surface area contributed by atoms with Gasteiger partial charge in [0.25, 0.3) is 0 Å². The number of benzene rings is 2. The third-order valence-corrected chi connectivity index (χ3v) is 3.74. The van der Waals surface area contributed by atoms with Crippen LogP contribution in [0.5, 0.6) is 0 Å². The normalized spacial score (nSPS) is 10.4. The molecule has 0 aliphatic carbocycles. The van der Waals surface area contributed by atoms with E-state index >= 15 is 0 Å². The van der Waals surface area contributed by atoms with E-state index in [4.69, 9.17) is 23.2 Å². The summed E-state index contributed by atoms with van der Waals surface area (Å²) in [6.07, 6.45) is -0.0529. The van der Waals surface area contributed by atoms with Crippen LogP contribution in [0.25, 0.3) is 0 Å². The Kier molecular flexibility index (Phi) is 6.33. The van der Waals surface area contributed by atoms with Crippen LogP contribution >= 0.6 is 23.2 Å². The molecule has 0 saturated heterocycles. The van der Waals surface area contributed by atoms with Crippen molar-refractivity contribution in [2.24, 2.45) is 0 Å². The molecule has 0 spiro atoms. The lowest BCUT2D eigenvalue weighted by atomic mass is 10.2. The highest BCUT2D eigenvalue weighted by atomic mass is 35.5. The summed E-state index contributed by atoms with van der Waals surface area (Å²) in [5.74, 6) is -2.86. The molecule has 0 aromatic heterocycles. The molecule has 8 heteroatoms. The molecule has 0 aliphatic rings. The van der Waals surface area contributed by atoms with Crippen LogP contribution in [-0.2, 0) is 9.59 Å². The summed E-state index contributed by atoms with van der Waals surface area (Å²) in [4.78, 5) is 25.0. The lowest BCUT2D eigenvalue weighted by Crippen LogP contribution is -2.32. The van der Waals surface area contributed by atoms with Gasteiger partial charge < -0.3 is 10.2 Å². The van der Waals surface area contributed by atoms with Crippen molar-refractivity contribution in [2.45, 2.75) is 13.3 Å². The first kappa shape index (κ1) is 19.1. The van der Waals surface area contributed by atoms with E-state index in [-0.39, 0.29) is 24.6 Å². The summed E-state index contributed by atoms with van der Waals surface area (Å²) in [6.45, 7) is 1.27. The van der Waals surface area contributed by atoms with Gasteiger partial charge in [0.05, 0.1) is 0 Å². The third kappa shape index (κ3) is 5.41. The van der Waals surface area contributed by atoms with Crippen LogP contribution in [0.4, 0.5) is 20.2 Å². The molecule has 0 heterocycles. The average Bonchev–Trinajstić information content (AvgIpc) is 2.49. The standard InChI is InChI=1S/C17H14Cl2F2N2O2/c1-10(24)23(14-2-3-15(20)16(21)9-14)5-4-17(25)22-13-7-11(18)6-12(19)8-13/h2-3,6-9H,4-5H2,1H3,(H,22,25). The maximum atomic E-state index is 13.3. The van der Waals surface area contributed by atoms with E-state index in [1.807, 2.05) is 0 Å². The molecule has 2 aromatic carbocycles. The SMILES string of the molecule is CC(=O)N(CCC(=O)Nc1cc(Cl)cc(Cl)c1)c1ccc(F)c(F)c1. The zero-order chi connectivity index (χ0) is 18.6. The number of carbonyl (C=O) groups is 2. The Hall–Kier alpha value is -2.18. The van der Waals surface area contributed by atoms with E-state index in [1.54, 1.807) is 0 Å². The highest BCUT2D eigenvalue weighted by Gasteiger charge is 2.15. The topological polar surface area (TPSA) is 49.4 Å². The minimum absolute atomic E-state index is 0.000533. The smallest absolute Gasteiger partial charge is 0.226 e. The van der Waals surface area contributed by atoms with Gasteiger partial charge in [-0.25, -0.2) is 8.78 Å². The van der Waals surface area contributed by atoms with Gasteiger partial charge in [0.2, 0.25) is 11.8 Å². The number of rotatable bonds is 5. The minimum Gasteiger partial charge on any atom is -0.326 e. The van der Waals surface area contributed by atoms with Crippen LogP contribution < -0.4 is 10.2 Å². The summed E-state index contributed by atoms with van der Waals surface area (Å²) in [5.41, 5.74) is 0.592. The van der Waals surface area contributed by atoms with Crippen LogP contribution in [-0.4, -0.2) is 18.4 Å². The molecule has 0 atom stereocenters. The fourth-order valence-corrected chi connectivity index (χ4v) is 2.71. The molecule has 0 fully saturated rings. The van der Waals surface area contributed by atoms with Crippen molar-refractivity contribution in [2.75, 3.05) is 16.8 Å². The summed E-state index contributed by atoms with van der Waals surface area (Å²) in [7, 11) is 0. The predicted molar refractivity (Wildman–Crippen MR) is 94.1 cm³/mol. The molecule has 0 bridgehead atoms. The fourth-order valence-electron chi connectivity index (χ4n) is 2.18. The van der Waals surface area contributed by atoms with Gasteiger partial charge in [0.15, 0.2) is 11.6 Å². The number of halogens is 4. The third-order valence-electron chi connectivity index (χ3n) is 3.30. The predicted octanol–water partition coefficient (Wildman–Crippen LogP) is 4.65. The van der Waals surface area contributed by atoms with Crippen molar-refractivity contribution >= 4 is 46.4 Å². The van der Waals surface area contributed by atoms with Crippen molar-refractivity contribution < 1.29 is 18.4 Å². The second-order valence-corrected chi connectivity index (χ2v) is 6.10. The zero-order valence-corrected chi connectivity index (χ0v) is 14.7. The molecule has 4 nitrogen and oxygen atoms in total. The van der Waals surface area contributed by atoms with Gasteiger partial charge in [-0.3, -0.25) is 9.59 Å².